The van der Waals surface area contributed by atoms with Gasteiger partial charge in [-0.05, 0) is 42.6 Å². The maximum Gasteiger partial charge on any atom is 0.337 e. The van der Waals surface area contributed by atoms with Crippen LogP contribution in [0.1, 0.15) is 23.6 Å². The van der Waals surface area contributed by atoms with Crippen LogP contribution in [0.3, 0.4) is 0 Å². The van der Waals surface area contributed by atoms with Gasteiger partial charge in [0.15, 0.2) is 17.8 Å². The fourth-order valence-electron chi connectivity index (χ4n) is 5.16. The minimum atomic E-state index is -1.64. The zero-order valence-corrected chi connectivity index (χ0v) is 20.3. The molecular weight excluding hydrogens is 490 g/mol. The Kier molecular flexibility index (Phi) is 8.39. The molecule has 0 amide bonds. The first kappa shape index (κ1) is 27.3. The van der Waals surface area contributed by atoms with Crippen LogP contribution in [-0.2, 0) is 30.2 Å². The Bertz CT molecular complexity index is 1030. The first-order valence-electron chi connectivity index (χ1n) is 12.0. The summed E-state index contributed by atoms with van der Waals surface area (Å²) in [5, 5.41) is 63.4. The van der Waals surface area contributed by atoms with E-state index in [1.165, 1.54) is 31.6 Å². The molecule has 204 valence electrons. The number of aromatic hydroxyl groups is 2. The fourth-order valence-corrected chi connectivity index (χ4v) is 5.16. The number of aliphatic hydroxyl groups is 4. The van der Waals surface area contributed by atoms with E-state index in [9.17, 15) is 35.4 Å². The van der Waals surface area contributed by atoms with Gasteiger partial charge in [0.1, 0.15) is 24.4 Å². The van der Waals surface area contributed by atoms with Gasteiger partial charge in [0, 0.05) is 17.9 Å². The molecule has 37 heavy (non-hydrogen) atoms. The highest BCUT2D eigenvalue weighted by Gasteiger charge is 2.48. The number of fused-ring (bicyclic) bond motifs is 1. The third-order valence-corrected chi connectivity index (χ3v) is 7.20. The molecule has 4 rings (SSSR count). The van der Waals surface area contributed by atoms with Gasteiger partial charge in [-0.15, -0.1) is 6.58 Å². The molecule has 1 aromatic rings. The number of hydrogen-bond acceptors (Lipinski definition) is 12. The van der Waals surface area contributed by atoms with Crippen molar-refractivity contribution in [1.82, 2.24) is 5.32 Å². The Morgan fingerprint density at radius 2 is 1.89 bits per heavy atom. The van der Waals surface area contributed by atoms with Gasteiger partial charge < -0.3 is 54.9 Å². The molecule has 12 nitrogen and oxygen atoms in total. The fraction of sp³-hybridized carbons (Fsp3) is 0.560. The number of nitrogens with one attached hydrogen (secondary N) is 1. The molecule has 1 saturated heterocycles. The molecule has 3 aliphatic rings. The van der Waals surface area contributed by atoms with Crippen molar-refractivity contribution >= 4 is 5.97 Å². The Morgan fingerprint density at radius 3 is 2.57 bits per heavy atom. The van der Waals surface area contributed by atoms with E-state index >= 15 is 0 Å². The SMILES string of the molecule is C=C[C@H]1[C@H](O[C@@H]2O[C@H](CO)[C@@H](O)[C@H](O)[C@H]2O)OC=C(C(=O)OC)[C@H]1C[C@@H]1NCCc2cc(O)c(O)cc21. The molecule has 3 heterocycles. The van der Waals surface area contributed by atoms with Crippen LogP contribution in [-0.4, -0.2) is 93.9 Å². The maximum atomic E-state index is 12.6. The minimum Gasteiger partial charge on any atom is -0.504 e. The lowest BCUT2D eigenvalue weighted by Gasteiger charge is -2.43. The zero-order valence-electron chi connectivity index (χ0n) is 20.3. The number of hydrogen-bond donors (Lipinski definition) is 7. The third kappa shape index (κ3) is 5.32. The highest BCUT2D eigenvalue weighted by molar-refractivity contribution is 5.89. The molecule has 0 bridgehead atoms. The molecule has 0 aliphatic carbocycles. The van der Waals surface area contributed by atoms with Crippen LogP contribution in [0.25, 0.3) is 0 Å². The van der Waals surface area contributed by atoms with Crippen molar-refractivity contribution in [3.8, 4) is 11.5 Å². The number of aliphatic hydroxyl groups excluding tert-OH is 4. The van der Waals surface area contributed by atoms with Crippen LogP contribution in [0.2, 0.25) is 0 Å². The number of benzene rings is 1. The third-order valence-electron chi connectivity index (χ3n) is 7.20. The van der Waals surface area contributed by atoms with Crippen LogP contribution in [0, 0.1) is 11.8 Å². The zero-order chi connectivity index (χ0) is 26.9. The first-order chi connectivity index (χ1) is 17.7. The number of phenolic OH excluding ortho intramolecular Hbond substituents is 2. The smallest absolute Gasteiger partial charge is 0.337 e. The summed E-state index contributed by atoms with van der Waals surface area (Å²) in [6.07, 6.45) is -4.85. The minimum absolute atomic E-state index is 0.211. The second-order valence-corrected chi connectivity index (χ2v) is 9.35. The molecule has 1 fully saturated rings. The van der Waals surface area contributed by atoms with Crippen molar-refractivity contribution in [3.63, 3.8) is 0 Å². The molecule has 0 saturated carbocycles. The quantitative estimate of drug-likeness (QED) is 0.136. The predicted molar refractivity (Wildman–Crippen MR) is 126 cm³/mol. The summed E-state index contributed by atoms with van der Waals surface area (Å²) in [6.45, 7) is 3.86. The summed E-state index contributed by atoms with van der Waals surface area (Å²) in [4.78, 5) is 12.6. The number of carbonyl (C=O) groups is 1. The second kappa shape index (κ2) is 11.4. The summed E-state index contributed by atoms with van der Waals surface area (Å²) in [5.74, 6) is -2.31. The van der Waals surface area contributed by atoms with E-state index in [0.717, 1.165) is 11.1 Å². The second-order valence-electron chi connectivity index (χ2n) is 9.35. The van der Waals surface area contributed by atoms with Gasteiger partial charge in [-0.25, -0.2) is 4.79 Å². The van der Waals surface area contributed by atoms with Crippen molar-refractivity contribution in [2.24, 2.45) is 11.8 Å². The Balaban J connectivity index is 1.61. The lowest BCUT2D eigenvalue weighted by atomic mass is 9.77. The van der Waals surface area contributed by atoms with E-state index in [1.807, 2.05) is 0 Å². The average molecular weight is 524 g/mol. The van der Waals surface area contributed by atoms with E-state index in [0.29, 0.717) is 19.4 Å². The van der Waals surface area contributed by atoms with Crippen LogP contribution in [0.4, 0.5) is 0 Å². The maximum absolute atomic E-state index is 12.6. The summed E-state index contributed by atoms with van der Waals surface area (Å²) < 4.78 is 21.9. The number of rotatable bonds is 7. The van der Waals surface area contributed by atoms with Gasteiger partial charge in [0.05, 0.1) is 25.6 Å². The standard InChI is InChI=1S/C25H33NO11/c1-3-12-14(7-16-13-8-18(29)17(28)6-11(13)4-5-26-16)15(23(33)34-2)10-35-24(12)37-25-22(32)21(31)20(30)19(9-27)36-25/h3,6,8,10,12,14,16,19-22,24-32H,1,4-5,7,9H2,2H3/t12-,14+,16+,19-,20-,21+,22-,24+,25+/m1/s1. The summed E-state index contributed by atoms with van der Waals surface area (Å²) in [7, 11) is 1.24. The van der Waals surface area contributed by atoms with E-state index < -0.39 is 61.4 Å². The molecule has 7 N–H and O–H groups in total. The average Bonchev–Trinajstić information content (AvgIpc) is 2.89. The van der Waals surface area contributed by atoms with Gasteiger partial charge in [-0.3, -0.25) is 0 Å². The molecule has 0 spiro atoms. The lowest BCUT2D eigenvalue weighted by Crippen LogP contribution is -2.60. The Hall–Kier alpha value is -2.71. The van der Waals surface area contributed by atoms with Gasteiger partial charge >= 0.3 is 5.97 Å². The molecule has 9 atom stereocenters. The Morgan fingerprint density at radius 1 is 1.16 bits per heavy atom. The summed E-state index contributed by atoms with van der Waals surface area (Å²) in [6, 6.07) is 2.70. The molecule has 0 radical (unpaired) electrons. The summed E-state index contributed by atoms with van der Waals surface area (Å²) in [5.41, 5.74) is 1.85. The number of phenols is 2. The number of methoxy groups -OCH3 is 1. The van der Waals surface area contributed by atoms with Gasteiger partial charge in [-0.1, -0.05) is 6.08 Å². The van der Waals surface area contributed by atoms with Crippen molar-refractivity contribution in [2.75, 3.05) is 20.3 Å². The summed E-state index contributed by atoms with van der Waals surface area (Å²) >= 11 is 0. The van der Waals surface area contributed by atoms with Crippen molar-refractivity contribution in [2.45, 2.75) is 55.9 Å². The van der Waals surface area contributed by atoms with Crippen LogP contribution >= 0.6 is 0 Å². The van der Waals surface area contributed by atoms with E-state index in [1.54, 1.807) is 0 Å². The highest BCUT2D eigenvalue weighted by Crippen LogP contribution is 2.42. The normalized spacial score (nSPS) is 35.6. The van der Waals surface area contributed by atoms with Crippen LogP contribution in [0.15, 0.2) is 36.6 Å². The number of esters is 1. The van der Waals surface area contributed by atoms with E-state index in [4.69, 9.17) is 18.9 Å². The topological polar surface area (TPSA) is 187 Å². The predicted octanol–water partition coefficient (Wildman–Crippen LogP) is -0.677. The monoisotopic (exact) mass is 523 g/mol. The number of carbonyl (C=O) groups excluding carboxylic acids is 1. The Labute approximate surface area is 213 Å². The molecule has 0 aromatic heterocycles. The molecule has 1 aromatic carbocycles. The highest BCUT2D eigenvalue weighted by atomic mass is 16.8. The number of ether oxygens (including phenoxy) is 4. The molecule has 12 heteroatoms. The molecule has 3 aliphatic heterocycles. The molecular formula is C25H33NO11. The van der Waals surface area contributed by atoms with E-state index in [2.05, 4.69) is 11.9 Å². The van der Waals surface area contributed by atoms with Crippen LogP contribution < -0.4 is 5.32 Å². The van der Waals surface area contributed by atoms with Crippen molar-refractivity contribution in [3.05, 3.63) is 47.7 Å². The van der Waals surface area contributed by atoms with Crippen molar-refractivity contribution < 1.29 is 54.4 Å². The van der Waals surface area contributed by atoms with Gasteiger partial charge in [-0.2, -0.15) is 0 Å². The van der Waals surface area contributed by atoms with Gasteiger partial charge in [0.25, 0.3) is 0 Å². The van der Waals surface area contributed by atoms with Crippen LogP contribution in [0.5, 0.6) is 11.5 Å². The van der Waals surface area contributed by atoms with Gasteiger partial charge in [0.2, 0.25) is 6.29 Å². The first-order valence-corrected chi connectivity index (χ1v) is 12.0. The largest absolute Gasteiger partial charge is 0.504 e. The van der Waals surface area contributed by atoms with Crippen molar-refractivity contribution in [1.29, 1.82) is 0 Å². The lowest BCUT2D eigenvalue weighted by molar-refractivity contribution is -0.339. The molecule has 0 unspecified atom stereocenters. The van der Waals surface area contributed by atoms with E-state index in [-0.39, 0.29) is 23.1 Å².